The minimum atomic E-state index is -4.52. The van der Waals surface area contributed by atoms with Crippen molar-refractivity contribution in [1.82, 2.24) is 9.21 Å². The van der Waals surface area contributed by atoms with Crippen molar-refractivity contribution >= 4 is 15.9 Å². The number of alkyl halides is 3. The summed E-state index contributed by atoms with van der Waals surface area (Å²) in [6.07, 6.45) is -4.28. The van der Waals surface area contributed by atoms with Gasteiger partial charge in [0.05, 0.1) is 16.9 Å². The van der Waals surface area contributed by atoms with Crippen LogP contribution in [0.1, 0.15) is 11.1 Å². The number of piperazine rings is 1. The Hall–Kier alpha value is -2.39. The van der Waals surface area contributed by atoms with Crippen LogP contribution in [-0.2, 0) is 27.4 Å². The molecule has 0 radical (unpaired) electrons. The van der Waals surface area contributed by atoms with Gasteiger partial charge in [-0.25, -0.2) is 8.42 Å². The molecule has 3 rings (SSSR count). The zero-order valence-electron chi connectivity index (χ0n) is 14.9. The van der Waals surface area contributed by atoms with Crippen LogP contribution >= 0.6 is 0 Å². The van der Waals surface area contributed by atoms with Gasteiger partial charge in [0.25, 0.3) is 0 Å². The summed E-state index contributed by atoms with van der Waals surface area (Å²) in [6.45, 7) is 0.685. The third-order valence-corrected chi connectivity index (χ3v) is 6.52. The second-order valence-electron chi connectivity index (χ2n) is 6.47. The van der Waals surface area contributed by atoms with Gasteiger partial charge in [0.1, 0.15) is 0 Å². The van der Waals surface area contributed by atoms with E-state index in [1.54, 1.807) is 4.90 Å². The highest BCUT2D eigenvalue weighted by Gasteiger charge is 2.33. The monoisotopic (exact) mass is 412 g/mol. The van der Waals surface area contributed by atoms with Gasteiger partial charge in [-0.15, -0.1) is 0 Å². The summed E-state index contributed by atoms with van der Waals surface area (Å²) >= 11 is 0. The quantitative estimate of drug-likeness (QED) is 0.776. The van der Waals surface area contributed by atoms with Crippen LogP contribution in [0.25, 0.3) is 0 Å². The summed E-state index contributed by atoms with van der Waals surface area (Å²) < 4.78 is 64.5. The van der Waals surface area contributed by atoms with Crippen molar-refractivity contribution in [2.24, 2.45) is 0 Å². The van der Waals surface area contributed by atoms with Gasteiger partial charge in [-0.1, -0.05) is 30.3 Å². The summed E-state index contributed by atoms with van der Waals surface area (Å²) in [6, 6.07) is 12.7. The van der Waals surface area contributed by atoms with Crippen molar-refractivity contribution in [2.75, 3.05) is 26.2 Å². The molecule has 9 heteroatoms. The molecule has 0 saturated carbocycles. The summed E-state index contributed by atoms with van der Waals surface area (Å²) in [5.41, 5.74) is -0.0184. The molecule has 0 bridgehead atoms. The Morgan fingerprint density at radius 3 is 2.00 bits per heavy atom. The smallest absolute Gasteiger partial charge is 0.340 e. The van der Waals surface area contributed by atoms with Gasteiger partial charge in [-0.3, -0.25) is 4.79 Å². The molecule has 1 aliphatic heterocycles. The number of hydrogen-bond donors (Lipinski definition) is 0. The maximum atomic E-state index is 12.7. The molecule has 2 aromatic rings. The molecule has 1 aliphatic rings. The van der Waals surface area contributed by atoms with Crippen molar-refractivity contribution in [3.63, 3.8) is 0 Å². The number of nitrogens with zero attached hydrogens (tertiary/aromatic N) is 2. The van der Waals surface area contributed by atoms with E-state index in [1.165, 1.54) is 4.31 Å². The lowest BCUT2D eigenvalue weighted by Gasteiger charge is -2.34. The molecule has 150 valence electrons. The van der Waals surface area contributed by atoms with Gasteiger partial charge < -0.3 is 4.90 Å². The first-order valence-electron chi connectivity index (χ1n) is 8.67. The maximum absolute atomic E-state index is 12.7. The van der Waals surface area contributed by atoms with E-state index in [0.29, 0.717) is 0 Å². The van der Waals surface area contributed by atoms with Crippen molar-refractivity contribution in [3.05, 3.63) is 65.7 Å². The van der Waals surface area contributed by atoms with Crippen LogP contribution in [0.4, 0.5) is 13.2 Å². The molecule has 0 unspecified atom stereocenters. The molecule has 0 atom stereocenters. The van der Waals surface area contributed by atoms with E-state index < -0.39 is 21.8 Å². The number of benzene rings is 2. The van der Waals surface area contributed by atoms with Gasteiger partial charge >= 0.3 is 6.18 Å². The van der Waals surface area contributed by atoms with Crippen molar-refractivity contribution in [3.8, 4) is 0 Å². The molecule has 0 aliphatic carbocycles. The lowest BCUT2D eigenvalue weighted by Crippen LogP contribution is -2.50. The predicted molar refractivity (Wildman–Crippen MR) is 96.9 cm³/mol. The number of carbonyl (C=O) groups excluding carboxylic acids is 1. The second kappa shape index (κ2) is 7.92. The Kier molecular flexibility index (Phi) is 5.76. The fraction of sp³-hybridized carbons (Fsp3) is 0.316. The van der Waals surface area contributed by atoms with Crippen LogP contribution < -0.4 is 0 Å². The predicted octanol–water partition coefficient (Wildman–Crippen LogP) is 2.78. The summed E-state index contributed by atoms with van der Waals surface area (Å²) in [4.78, 5) is 13.8. The Bertz CT molecular complexity index is 921. The SMILES string of the molecule is O=C(Cc1ccccc1)N1CCN(S(=O)(=O)c2ccc(C(F)(F)F)cc2)CC1. The van der Waals surface area contributed by atoms with Crippen molar-refractivity contribution < 1.29 is 26.4 Å². The maximum Gasteiger partial charge on any atom is 0.416 e. The summed E-state index contributed by atoms with van der Waals surface area (Å²) in [5, 5.41) is 0. The number of rotatable bonds is 4. The highest BCUT2D eigenvalue weighted by Crippen LogP contribution is 2.30. The standard InChI is InChI=1S/C19H19F3N2O3S/c20-19(21,22)16-6-8-17(9-7-16)28(26,27)24-12-10-23(11-13-24)18(25)14-15-4-2-1-3-5-15/h1-9H,10-14H2. The van der Waals surface area contributed by atoms with E-state index >= 15 is 0 Å². The Morgan fingerprint density at radius 2 is 1.46 bits per heavy atom. The molecule has 1 saturated heterocycles. The fourth-order valence-corrected chi connectivity index (χ4v) is 4.45. The first-order chi connectivity index (χ1) is 13.2. The highest BCUT2D eigenvalue weighted by molar-refractivity contribution is 7.89. The van der Waals surface area contributed by atoms with E-state index in [4.69, 9.17) is 0 Å². The van der Waals surface area contributed by atoms with Crippen LogP contribution in [0.2, 0.25) is 0 Å². The molecule has 0 aromatic heterocycles. The first-order valence-corrected chi connectivity index (χ1v) is 10.1. The normalized spacial score (nSPS) is 16.2. The van der Waals surface area contributed by atoms with E-state index in [2.05, 4.69) is 0 Å². The van der Waals surface area contributed by atoms with Crippen LogP contribution in [0.3, 0.4) is 0 Å². The Morgan fingerprint density at radius 1 is 0.893 bits per heavy atom. The van der Waals surface area contributed by atoms with Crippen LogP contribution in [0.15, 0.2) is 59.5 Å². The molecule has 2 aromatic carbocycles. The third kappa shape index (κ3) is 4.53. The van der Waals surface area contributed by atoms with E-state index in [9.17, 15) is 26.4 Å². The largest absolute Gasteiger partial charge is 0.416 e. The molecule has 1 amide bonds. The second-order valence-corrected chi connectivity index (χ2v) is 8.41. The first kappa shape index (κ1) is 20.3. The molecule has 1 heterocycles. The molecule has 0 N–H and O–H groups in total. The Labute approximate surface area is 161 Å². The minimum absolute atomic E-state index is 0.0854. The molecule has 5 nitrogen and oxygen atoms in total. The topological polar surface area (TPSA) is 57.7 Å². The average molecular weight is 412 g/mol. The van der Waals surface area contributed by atoms with Crippen LogP contribution in [0, 0.1) is 0 Å². The van der Waals surface area contributed by atoms with Crippen LogP contribution in [0.5, 0.6) is 0 Å². The van der Waals surface area contributed by atoms with Gasteiger partial charge in [-0.2, -0.15) is 17.5 Å². The van der Waals surface area contributed by atoms with Crippen LogP contribution in [-0.4, -0.2) is 49.7 Å². The van der Waals surface area contributed by atoms with Gasteiger partial charge in [0.2, 0.25) is 15.9 Å². The molecule has 28 heavy (non-hydrogen) atoms. The molecular weight excluding hydrogens is 393 g/mol. The zero-order chi connectivity index (χ0) is 20.4. The van der Waals surface area contributed by atoms with Gasteiger partial charge in [0.15, 0.2) is 0 Å². The van der Waals surface area contributed by atoms with E-state index in [-0.39, 0.29) is 43.4 Å². The average Bonchev–Trinajstić information content (AvgIpc) is 2.68. The fourth-order valence-electron chi connectivity index (χ4n) is 3.03. The zero-order valence-corrected chi connectivity index (χ0v) is 15.7. The lowest BCUT2D eigenvalue weighted by atomic mass is 10.1. The summed E-state index contributed by atoms with van der Waals surface area (Å²) in [5.74, 6) is -0.0854. The van der Waals surface area contributed by atoms with Crippen molar-refractivity contribution in [1.29, 1.82) is 0 Å². The third-order valence-electron chi connectivity index (χ3n) is 4.61. The van der Waals surface area contributed by atoms with Gasteiger partial charge in [0, 0.05) is 26.2 Å². The summed E-state index contributed by atoms with van der Waals surface area (Å²) in [7, 11) is -3.90. The Balaban J connectivity index is 1.62. The molecular formula is C19H19F3N2O3S. The van der Waals surface area contributed by atoms with Crippen molar-refractivity contribution in [2.45, 2.75) is 17.5 Å². The lowest BCUT2D eigenvalue weighted by molar-refractivity contribution is -0.137. The number of carbonyl (C=O) groups is 1. The number of hydrogen-bond acceptors (Lipinski definition) is 3. The number of halogens is 3. The number of amides is 1. The molecule has 0 spiro atoms. The highest BCUT2D eigenvalue weighted by atomic mass is 32.2. The van der Waals surface area contributed by atoms with E-state index in [1.807, 2.05) is 30.3 Å². The minimum Gasteiger partial charge on any atom is -0.340 e. The van der Waals surface area contributed by atoms with E-state index in [0.717, 1.165) is 29.8 Å². The molecule has 1 fully saturated rings. The van der Waals surface area contributed by atoms with Gasteiger partial charge in [-0.05, 0) is 29.8 Å². The number of sulfonamides is 1.